The number of nitrogens with one attached hydrogen (secondary N) is 1. The molecule has 0 aliphatic heterocycles. The van der Waals surface area contributed by atoms with Crippen molar-refractivity contribution in [3.05, 3.63) is 42.7 Å². The lowest BCUT2D eigenvalue weighted by Crippen LogP contribution is -2.40. The van der Waals surface area contributed by atoms with Crippen molar-refractivity contribution < 1.29 is 0 Å². The van der Waals surface area contributed by atoms with Gasteiger partial charge in [-0.15, -0.1) is 0 Å². The van der Waals surface area contributed by atoms with Gasteiger partial charge in [0, 0.05) is 26.1 Å². The molecule has 0 fully saturated rings. The minimum absolute atomic E-state index is 0.0653. The van der Waals surface area contributed by atoms with Crippen molar-refractivity contribution in [2.24, 2.45) is 12.9 Å². The smallest absolute Gasteiger partial charge is 0.138 e. The van der Waals surface area contributed by atoms with E-state index in [1.165, 1.54) is 0 Å². The van der Waals surface area contributed by atoms with Gasteiger partial charge in [0.1, 0.15) is 12.2 Å². The second-order valence-corrected chi connectivity index (χ2v) is 4.75. The molecule has 7 heteroatoms. The molecule has 0 aliphatic rings. The Labute approximate surface area is 116 Å². The molecule has 0 bridgehead atoms. The predicted molar refractivity (Wildman–Crippen MR) is 75.6 cm³/mol. The SMILES string of the molecule is Cn1ncnc1CC(Cn1cnc2ccccc21)NN. The Balaban J connectivity index is 1.79. The molecule has 0 radical (unpaired) electrons. The van der Waals surface area contributed by atoms with E-state index in [1.807, 2.05) is 31.6 Å². The van der Waals surface area contributed by atoms with Crippen LogP contribution in [0.15, 0.2) is 36.9 Å². The van der Waals surface area contributed by atoms with Crippen LogP contribution in [-0.4, -0.2) is 30.4 Å². The van der Waals surface area contributed by atoms with Gasteiger partial charge in [-0.25, -0.2) is 9.97 Å². The predicted octanol–water partition coefficient (Wildman–Crippen LogP) is 0.239. The highest BCUT2D eigenvalue weighted by atomic mass is 15.3. The molecule has 0 saturated heterocycles. The van der Waals surface area contributed by atoms with E-state index >= 15 is 0 Å². The van der Waals surface area contributed by atoms with Gasteiger partial charge in [-0.1, -0.05) is 12.1 Å². The van der Waals surface area contributed by atoms with Crippen LogP contribution in [0.1, 0.15) is 5.82 Å². The average Bonchev–Trinajstić information content (AvgIpc) is 3.06. The number of aryl methyl sites for hydroxylation is 1. The Morgan fingerprint density at radius 1 is 1.30 bits per heavy atom. The first-order valence-electron chi connectivity index (χ1n) is 6.47. The highest BCUT2D eigenvalue weighted by Crippen LogP contribution is 2.12. The Bertz CT molecular complexity index is 699. The number of hydrogen-bond acceptors (Lipinski definition) is 5. The summed E-state index contributed by atoms with van der Waals surface area (Å²) in [6, 6.07) is 8.11. The summed E-state index contributed by atoms with van der Waals surface area (Å²) in [6.07, 6.45) is 4.10. The maximum absolute atomic E-state index is 5.66. The number of aromatic nitrogens is 5. The third kappa shape index (κ3) is 2.40. The largest absolute Gasteiger partial charge is 0.329 e. The second kappa shape index (κ2) is 5.40. The van der Waals surface area contributed by atoms with Crippen LogP contribution < -0.4 is 11.3 Å². The fraction of sp³-hybridized carbons (Fsp3) is 0.308. The fourth-order valence-electron chi connectivity index (χ4n) is 2.29. The number of nitrogens with two attached hydrogens (primary N) is 1. The Kier molecular flexibility index (Phi) is 3.44. The lowest BCUT2D eigenvalue weighted by molar-refractivity contribution is 0.446. The van der Waals surface area contributed by atoms with Gasteiger partial charge in [0.2, 0.25) is 0 Å². The molecule has 1 unspecified atom stereocenters. The van der Waals surface area contributed by atoms with Crippen molar-refractivity contribution in [2.75, 3.05) is 0 Å². The van der Waals surface area contributed by atoms with E-state index in [9.17, 15) is 0 Å². The molecule has 7 nitrogen and oxygen atoms in total. The number of imidazole rings is 1. The Hall–Kier alpha value is -2.25. The minimum Gasteiger partial charge on any atom is -0.329 e. The molecule has 3 N–H and O–H groups in total. The van der Waals surface area contributed by atoms with Gasteiger partial charge in [0.15, 0.2) is 0 Å². The molecule has 0 amide bonds. The molecule has 0 aliphatic carbocycles. The van der Waals surface area contributed by atoms with Crippen molar-refractivity contribution in [1.82, 2.24) is 29.7 Å². The maximum Gasteiger partial charge on any atom is 0.138 e. The second-order valence-electron chi connectivity index (χ2n) is 4.75. The van der Waals surface area contributed by atoms with Gasteiger partial charge >= 0.3 is 0 Å². The quantitative estimate of drug-likeness (QED) is 0.513. The van der Waals surface area contributed by atoms with Gasteiger partial charge in [0.25, 0.3) is 0 Å². The maximum atomic E-state index is 5.66. The number of para-hydroxylation sites is 2. The summed E-state index contributed by atoms with van der Waals surface area (Å²) in [6.45, 7) is 0.726. The number of hydrazine groups is 1. The van der Waals surface area contributed by atoms with E-state index in [-0.39, 0.29) is 6.04 Å². The van der Waals surface area contributed by atoms with E-state index in [1.54, 1.807) is 11.0 Å². The van der Waals surface area contributed by atoms with Crippen molar-refractivity contribution in [2.45, 2.75) is 19.0 Å². The van der Waals surface area contributed by atoms with E-state index in [0.717, 1.165) is 23.4 Å². The normalized spacial score (nSPS) is 12.9. The zero-order valence-electron chi connectivity index (χ0n) is 11.3. The number of nitrogens with zero attached hydrogens (tertiary/aromatic N) is 5. The van der Waals surface area contributed by atoms with Crippen LogP contribution in [0.25, 0.3) is 11.0 Å². The standard InChI is InChI=1S/C13H17N7/c1-19-13(15-8-17-19)6-10(18-14)7-20-9-16-11-4-2-3-5-12(11)20/h2-5,8-10,18H,6-7,14H2,1H3. The summed E-state index contributed by atoms with van der Waals surface area (Å²) in [5.41, 5.74) is 4.93. The number of benzene rings is 1. The zero-order valence-corrected chi connectivity index (χ0v) is 11.3. The van der Waals surface area contributed by atoms with Gasteiger partial charge in [-0.05, 0) is 12.1 Å². The molecule has 1 aromatic carbocycles. The van der Waals surface area contributed by atoms with Crippen LogP contribution >= 0.6 is 0 Å². The Morgan fingerprint density at radius 3 is 2.90 bits per heavy atom. The molecule has 0 saturated carbocycles. The summed E-state index contributed by atoms with van der Waals surface area (Å²) >= 11 is 0. The molecule has 1 atom stereocenters. The van der Waals surface area contributed by atoms with Crippen LogP contribution in [0.3, 0.4) is 0 Å². The number of rotatable bonds is 5. The van der Waals surface area contributed by atoms with E-state index < -0.39 is 0 Å². The lowest BCUT2D eigenvalue weighted by Gasteiger charge is -2.16. The molecule has 0 spiro atoms. The molecule has 20 heavy (non-hydrogen) atoms. The van der Waals surface area contributed by atoms with E-state index in [4.69, 9.17) is 5.84 Å². The monoisotopic (exact) mass is 271 g/mol. The molecule has 2 heterocycles. The van der Waals surface area contributed by atoms with Crippen LogP contribution in [0.5, 0.6) is 0 Å². The minimum atomic E-state index is 0.0653. The van der Waals surface area contributed by atoms with Crippen LogP contribution in [0.2, 0.25) is 0 Å². The Morgan fingerprint density at radius 2 is 2.15 bits per heavy atom. The first-order valence-corrected chi connectivity index (χ1v) is 6.47. The first-order chi connectivity index (χ1) is 9.78. The molecule has 3 aromatic rings. The van der Waals surface area contributed by atoms with Crippen molar-refractivity contribution in [3.8, 4) is 0 Å². The highest BCUT2D eigenvalue weighted by Gasteiger charge is 2.13. The number of fused-ring (bicyclic) bond motifs is 1. The van der Waals surface area contributed by atoms with Crippen LogP contribution in [0, 0.1) is 0 Å². The van der Waals surface area contributed by atoms with E-state index in [2.05, 4.69) is 31.1 Å². The number of hydrogen-bond donors (Lipinski definition) is 2. The van der Waals surface area contributed by atoms with Gasteiger partial charge in [0.05, 0.1) is 17.4 Å². The molecule has 3 rings (SSSR count). The average molecular weight is 271 g/mol. The molecular formula is C13H17N7. The van der Waals surface area contributed by atoms with Gasteiger partial charge in [-0.2, -0.15) is 5.10 Å². The summed E-state index contributed by atoms with van der Waals surface area (Å²) < 4.78 is 3.85. The van der Waals surface area contributed by atoms with Crippen LogP contribution in [-0.2, 0) is 20.0 Å². The van der Waals surface area contributed by atoms with E-state index in [0.29, 0.717) is 6.42 Å². The fourth-order valence-corrected chi connectivity index (χ4v) is 2.29. The lowest BCUT2D eigenvalue weighted by atomic mass is 10.2. The molecule has 2 aromatic heterocycles. The first kappa shape index (κ1) is 12.8. The van der Waals surface area contributed by atoms with Crippen molar-refractivity contribution >= 4 is 11.0 Å². The topological polar surface area (TPSA) is 86.6 Å². The summed E-state index contributed by atoms with van der Waals surface area (Å²) in [4.78, 5) is 8.61. The molecule has 104 valence electrons. The van der Waals surface area contributed by atoms with Gasteiger partial charge < -0.3 is 4.57 Å². The third-order valence-electron chi connectivity index (χ3n) is 3.41. The van der Waals surface area contributed by atoms with Crippen molar-refractivity contribution in [1.29, 1.82) is 0 Å². The van der Waals surface area contributed by atoms with Gasteiger partial charge in [-0.3, -0.25) is 16.0 Å². The highest BCUT2D eigenvalue weighted by molar-refractivity contribution is 5.74. The summed E-state index contributed by atoms with van der Waals surface area (Å²) in [7, 11) is 1.88. The molecular weight excluding hydrogens is 254 g/mol. The van der Waals surface area contributed by atoms with Crippen LogP contribution in [0.4, 0.5) is 0 Å². The zero-order chi connectivity index (χ0) is 13.9. The third-order valence-corrected chi connectivity index (χ3v) is 3.41. The summed E-state index contributed by atoms with van der Waals surface area (Å²) in [5.74, 6) is 6.56. The van der Waals surface area contributed by atoms with Crippen molar-refractivity contribution in [3.63, 3.8) is 0 Å². The summed E-state index contributed by atoms with van der Waals surface area (Å²) in [5, 5.41) is 4.07.